The van der Waals surface area contributed by atoms with Crippen molar-refractivity contribution in [3.05, 3.63) is 64.4 Å². The van der Waals surface area contributed by atoms with Crippen molar-refractivity contribution in [3.8, 4) is 0 Å². The highest BCUT2D eigenvalue weighted by molar-refractivity contribution is 9.10. The molecular formula is C17H16BrN3. The van der Waals surface area contributed by atoms with Gasteiger partial charge in [0.25, 0.3) is 0 Å². The second kappa shape index (κ2) is 5.74. The fourth-order valence-electron chi connectivity index (χ4n) is 2.32. The quantitative estimate of drug-likeness (QED) is 0.689. The average molecular weight is 342 g/mol. The molecule has 0 amide bonds. The van der Waals surface area contributed by atoms with E-state index in [2.05, 4.69) is 44.4 Å². The van der Waals surface area contributed by atoms with Crippen LogP contribution < -0.4 is 11.1 Å². The summed E-state index contributed by atoms with van der Waals surface area (Å²) in [6, 6.07) is 14.3. The molecule has 0 aliphatic carbocycles. The number of nitrogens with one attached hydrogen (secondary N) is 1. The number of nitrogens with zero attached hydrogens (tertiary/aromatic N) is 1. The van der Waals surface area contributed by atoms with Crippen LogP contribution in [0.4, 0.5) is 11.4 Å². The Morgan fingerprint density at radius 1 is 1.10 bits per heavy atom. The summed E-state index contributed by atoms with van der Waals surface area (Å²) in [5, 5.41) is 5.58. The lowest BCUT2D eigenvalue weighted by Gasteiger charge is -2.12. The molecule has 2 aromatic carbocycles. The largest absolute Gasteiger partial charge is 0.398 e. The predicted molar refractivity (Wildman–Crippen MR) is 92.4 cm³/mol. The Hall–Kier alpha value is -2.07. The Labute approximate surface area is 132 Å². The minimum absolute atomic E-state index is 0.756. The molecule has 3 rings (SSSR count). The highest BCUT2D eigenvalue weighted by Crippen LogP contribution is 2.28. The first kappa shape index (κ1) is 13.9. The van der Waals surface area contributed by atoms with Crippen LogP contribution in [0.25, 0.3) is 10.8 Å². The van der Waals surface area contributed by atoms with Crippen LogP contribution in [0.3, 0.4) is 0 Å². The monoisotopic (exact) mass is 341 g/mol. The molecule has 1 aromatic heterocycles. The smallest absolute Gasteiger partial charge is 0.0425 e. The molecule has 106 valence electrons. The SMILES string of the molecule is Cc1cc2c(NCc3ccc(Br)cc3)ccc(N)c2cn1. The summed E-state index contributed by atoms with van der Waals surface area (Å²) >= 11 is 3.45. The van der Waals surface area contributed by atoms with E-state index in [1.54, 1.807) is 0 Å². The average Bonchev–Trinajstić information content (AvgIpc) is 2.48. The maximum Gasteiger partial charge on any atom is 0.0425 e. The Balaban J connectivity index is 1.91. The van der Waals surface area contributed by atoms with Gasteiger partial charge in [0.05, 0.1) is 0 Å². The second-order valence-electron chi connectivity index (χ2n) is 5.05. The number of halogens is 1. The zero-order chi connectivity index (χ0) is 14.8. The van der Waals surface area contributed by atoms with E-state index in [-0.39, 0.29) is 0 Å². The second-order valence-corrected chi connectivity index (χ2v) is 5.97. The van der Waals surface area contributed by atoms with Crippen LogP contribution in [0.2, 0.25) is 0 Å². The number of aromatic nitrogens is 1. The third-order valence-corrected chi connectivity index (χ3v) is 4.00. The summed E-state index contributed by atoms with van der Waals surface area (Å²) in [6.07, 6.45) is 1.84. The van der Waals surface area contributed by atoms with Crippen molar-refractivity contribution in [1.82, 2.24) is 4.98 Å². The molecule has 0 fully saturated rings. The van der Waals surface area contributed by atoms with Gasteiger partial charge in [-0.15, -0.1) is 0 Å². The fraction of sp³-hybridized carbons (Fsp3) is 0.118. The number of anilines is 2. The lowest BCUT2D eigenvalue weighted by molar-refractivity contribution is 1.15. The van der Waals surface area contributed by atoms with Crippen LogP contribution in [0, 0.1) is 6.92 Å². The van der Waals surface area contributed by atoms with Crippen molar-refractivity contribution in [1.29, 1.82) is 0 Å². The van der Waals surface area contributed by atoms with E-state index in [4.69, 9.17) is 5.73 Å². The number of hydrogen-bond acceptors (Lipinski definition) is 3. The third kappa shape index (κ3) is 3.00. The van der Waals surface area contributed by atoms with Crippen molar-refractivity contribution < 1.29 is 0 Å². The number of nitrogens with two attached hydrogens (primary N) is 1. The van der Waals surface area contributed by atoms with Crippen LogP contribution in [-0.2, 0) is 6.54 Å². The summed E-state index contributed by atoms with van der Waals surface area (Å²) in [5.41, 5.74) is 10.1. The van der Waals surface area contributed by atoms with Crippen LogP contribution in [0.1, 0.15) is 11.3 Å². The zero-order valence-electron chi connectivity index (χ0n) is 11.7. The Bertz CT molecular complexity index is 782. The number of fused-ring (bicyclic) bond motifs is 1. The first-order valence-electron chi connectivity index (χ1n) is 6.76. The van der Waals surface area contributed by atoms with Crippen LogP contribution in [-0.4, -0.2) is 4.98 Å². The van der Waals surface area contributed by atoms with Crippen molar-refractivity contribution in [3.63, 3.8) is 0 Å². The molecule has 1 heterocycles. The highest BCUT2D eigenvalue weighted by Gasteiger charge is 2.05. The number of benzene rings is 2. The number of hydrogen-bond donors (Lipinski definition) is 2. The molecule has 0 aliphatic heterocycles. The molecule has 0 saturated heterocycles. The maximum atomic E-state index is 6.03. The van der Waals surface area contributed by atoms with E-state index < -0.39 is 0 Å². The standard InChI is InChI=1S/C17H16BrN3/c1-11-8-14-15(10-20-11)16(19)6-7-17(14)21-9-12-2-4-13(18)5-3-12/h2-8,10,21H,9,19H2,1H3. The van der Waals surface area contributed by atoms with Crippen LogP contribution in [0.15, 0.2) is 53.1 Å². The van der Waals surface area contributed by atoms with Crippen molar-refractivity contribution in [2.45, 2.75) is 13.5 Å². The molecule has 3 N–H and O–H groups in total. The lowest BCUT2D eigenvalue weighted by atomic mass is 10.1. The molecule has 0 unspecified atom stereocenters. The minimum atomic E-state index is 0.756. The molecule has 0 atom stereocenters. The molecule has 0 radical (unpaired) electrons. The molecule has 0 bridgehead atoms. The lowest BCUT2D eigenvalue weighted by Crippen LogP contribution is -2.01. The van der Waals surface area contributed by atoms with Gasteiger partial charge in [-0.05, 0) is 42.8 Å². The third-order valence-electron chi connectivity index (χ3n) is 3.47. The van der Waals surface area contributed by atoms with Gasteiger partial charge in [-0.3, -0.25) is 4.98 Å². The summed E-state index contributed by atoms with van der Waals surface area (Å²) in [5.74, 6) is 0. The van der Waals surface area contributed by atoms with E-state index in [0.717, 1.165) is 38.9 Å². The van der Waals surface area contributed by atoms with Gasteiger partial charge < -0.3 is 11.1 Å². The van der Waals surface area contributed by atoms with Gasteiger partial charge in [-0.2, -0.15) is 0 Å². The van der Waals surface area contributed by atoms with Gasteiger partial charge in [0.2, 0.25) is 0 Å². The fourth-order valence-corrected chi connectivity index (χ4v) is 2.58. The molecule has 3 nitrogen and oxygen atoms in total. The first-order valence-corrected chi connectivity index (χ1v) is 7.56. The number of pyridine rings is 1. The van der Waals surface area contributed by atoms with Gasteiger partial charge in [0.15, 0.2) is 0 Å². The van der Waals surface area contributed by atoms with E-state index >= 15 is 0 Å². The summed E-state index contributed by atoms with van der Waals surface area (Å²) in [6.45, 7) is 2.76. The number of aryl methyl sites for hydroxylation is 1. The van der Waals surface area contributed by atoms with E-state index in [1.165, 1.54) is 5.56 Å². The maximum absolute atomic E-state index is 6.03. The topological polar surface area (TPSA) is 50.9 Å². The summed E-state index contributed by atoms with van der Waals surface area (Å²) in [7, 11) is 0. The Kier molecular flexibility index (Phi) is 3.80. The minimum Gasteiger partial charge on any atom is -0.398 e. The normalized spacial score (nSPS) is 10.8. The molecular weight excluding hydrogens is 326 g/mol. The Morgan fingerprint density at radius 3 is 2.62 bits per heavy atom. The number of rotatable bonds is 3. The number of nitrogen functional groups attached to an aromatic ring is 1. The zero-order valence-corrected chi connectivity index (χ0v) is 13.3. The van der Waals surface area contributed by atoms with Gasteiger partial charge in [0.1, 0.15) is 0 Å². The summed E-state index contributed by atoms with van der Waals surface area (Å²) in [4.78, 5) is 4.32. The molecule has 4 heteroatoms. The van der Waals surface area contributed by atoms with Gasteiger partial charge in [-0.25, -0.2) is 0 Å². The van der Waals surface area contributed by atoms with Crippen LogP contribution in [0.5, 0.6) is 0 Å². The molecule has 0 saturated carbocycles. The molecule has 0 aliphatic rings. The van der Waals surface area contributed by atoms with Crippen molar-refractivity contribution >= 4 is 38.1 Å². The first-order chi connectivity index (χ1) is 10.1. The van der Waals surface area contributed by atoms with E-state index in [0.29, 0.717) is 0 Å². The predicted octanol–water partition coefficient (Wildman–Crippen LogP) is 4.50. The van der Waals surface area contributed by atoms with Crippen molar-refractivity contribution in [2.24, 2.45) is 0 Å². The highest BCUT2D eigenvalue weighted by atomic mass is 79.9. The van der Waals surface area contributed by atoms with Gasteiger partial charge in [0, 0.05) is 45.1 Å². The summed E-state index contributed by atoms with van der Waals surface area (Å²) < 4.78 is 1.09. The van der Waals surface area contributed by atoms with E-state index in [1.807, 2.05) is 37.4 Å². The van der Waals surface area contributed by atoms with Gasteiger partial charge in [-0.1, -0.05) is 28.1 Å². The molecule has 21 heavy (non-hydrogen) atoms. The van der Waals surface area contributed by atoms with Gasteiger partial charge >= 0.3 is 0 Å². The van der Waals surface area contributed by atoms with E-state index in [9.17, 15) is 0 Å². The Morgan fingerprint density at radius 2 is 1.86 bits per heavy atom. The molecule has 0 spiro atoms. The van der Waals surface area contributed by atoms with Crippen molar-refractivity contribution in [2.75, 3.05) is 11.1 Å². The molecule has 3 aromatic rings. The van der Waals surface area contributed by atoms with Crippen LogP contribution >= 0.6 is 15.9 Å².